The number of aromatic nitrogens is 2. The molecule has 21 heavy (non-hydrogen) atoms. The first-order chi connectivity index (χ1) is 10.2. The Balaban J connectivity index is 1.72. The lowest BCUT2D eigenvalue weighted by Gasteiger charge is -2.03. The molecule has 1 amide bonds. The van der Waals surface area contributed by atoms with E-state index in [1.54, 1.807) is 10.9 Å². The van der Waals surface area contributed by atoms with Crippen molar-refractivity contribution >= 4 is 22.4 Å². The molecule has 0 aliphatic carbocycles. The Kier molecular flexibility index (Phi) is 3.60. The third kappa shape index (κ3) is 3.23. The number of nitrogens with zero attached hydrogens (tertiary/aromatic N) is 2. The standard InChI is InChI=1S/C17H15N3O/c1-13-6-8-16(9-7-13)19-17(21)12-20-11-15-5-3-2-4-14(15)10-18-20/h2-11H,12H2,1H3/p+1. The maximum atomic E-state index is 12.0. The maximum Gasteiger partial charge on any atom is 0.292 e. The lowest BCUT2D eigenvalue weighted by Crippen LogP contribution is -2.43. The van der Waals surface area contributed by atoms with E-state index in [4.69, 9.17) is 0 Å². The topological polar surface area (TPSA) is 45.9 Å². The van der Waals surface area contributed by atoms with Crippen LogP contribution in [0.15, 0.2) is 60.9 Å². The molecule has 0 fully saturated rings. The first kappa shape index (κ1) is 13.2. The van der Waals surface area contributed by atoms with Crippen LogP contribution in [0.3, 0.4) is 0 Å². The lowest BCUT2D eigenvalue weighted by molar-refractivity contribution is -0.740. The number of carbonyl (C=O) groups excluding carboxylic acids is 1. The highest BCUT2D eigenvalue weighted by molar-refractivity contribution is 5.89. The van der Waals surface area contributed by atoms with E-state index in [9.17, 15) is 4.79 Å². The highest BCUT2D eigenvalue weighted by Gasteiger charge is 2.12. The van der Waals surface area contributed by atoms with Gasteiger partial charge in [-0.3, -0.25) is 4.79 Å². The fourth-order valence-corrected chi connectivity index (χ4v) is 2.15. The van der Waals surface area contributed by atoms with E-state index in [1.807, 2.05) is 61.7 Å². The van der Waals surface area contributed by atoms with Crippen molar-refractivity contribution in [3.8, 4) is 0 Å². The molecule has 0 aliphatic rings. The number of amides is 1. The lowest BCUT2D eigenvalue weighted by atomic mass is 10.2. The number of aryl methyl sites for hydroxylation is 1. The number of fused-ring (bicyclic) bond motifs is 1. The SMILES string of the molecule is Cc1ccc(NC(=O)C[n+]2cc3ccccc3cn2)cc1. The summed E-state index contributed by atoms with van der Waals surface area (Å²) in [4.78, 5) is 12.0. The number of benzene rings is 2. The Morgan fingerprint density at radius 1 is 1.10 bits per heavy atom. The Morgan fingerprint density at radius 2 is 1.81 bits per heavy atom. The van der Waals surface area contributed by atoms with Crippen LogP contribution in [0, 0.1) is 6.92 Å². The van der Waals surface area contributed by atoms with Gasteiger partial charge in [0.05, 0.1) is 0 Å². The maximum absolute atomic E-state index is 12.0. The van der Waals surface area contributed by atoms with Gasteiger partial charge in [-0.2, -0.15) is 0 Å². The first-order valence-electron chi connectivity index (χ1n) is 6.82. The van der Waals surface area contributed by atoms with Gasteiger partial charge < -0.3 is 5.32 Å². The molecular weight excluding hydrogens is 262 g/mol. The number of anilines is 1. The largest absolute Gasteiger partial charge is 0.321 e. The number of hydrogen-bond acceptors (Lipinski definition) is 2. The van der Waals surface area contributed by atoms with Gasteiger partial charge in [-0.25, -0.2) is 0 Å². The van der Waals surface area contributed by atoms with Gasteiger partial charge in [-0.15, -0.1) is 0 Å². The Labute approximate surface area is 123 Å². The zero-order chi connectivity index (χ0) is 14.7. The highest BCUT2D eigenvalue weighted by atomic mass is 16.2. The predicted octanol–water partition coefficient (Wildman–Crippen LogP) is 2.47. The second-order valence-corrected chi connectivity index (χ2v) is 5.01. The fourth-order valence-electron chi connectivity index (χ4n) is 2.15. The average Bonchev–Trinajstić information content (AvgIpc) is 2.49. The van der Waals surface area contributed by atoms with Crippen LogP contribution in [0.4, 0.5) is 5.69 Å². The Bertz CT molecular complexity index is 781. The Morgan fingerprint density at radius 3 is 2.57 bits per heavy atom. The van der Waals surface area contributed by atoms with Gasteiger partial charge in [-0.1, -0.05) is 40.6 Å². The molecule has 0 aliphatic heterocycles. The Hall–Kier alpha value is -2.75. The van der Waals surface area contributed by atoms with Crippen molar-refractivity contribution in [2.45, 2.75) is 13.5 Å². The van der Waals surface area contributed by atoms with E-state index in [-0.39, 0.29) is 12.5 Å². The predicted molar refractivity (Wildman–Crippen MR) is 81.7 cm³/mol. The van der Waals surface area contributed by atoms with Crippen LogP contribution >= 0.6 is 0 Å². The summed E-state index contributed by atoms with van der Waals surface area (Å²) in [5.41, 5.74) is 1.96. The highest BCUT2D eigenvalue weighted by Crippen LogP contribution is 2.09. The molecule has 0 saturated carbocycles. The molecule has 1 N–H and O–H groups in total. The smallest absolute Gasteiger partial charge is 0.292 e. The van der Waals surface area contributed by atoms with Crippen molar-refractivity contribution in [1.29, 1.82) is 0 Å². The normalized spacial score (nSPS) is 10.5. The zero-order valence-corrected chi connectivity index (χ0v) is 11.8. The van der Waals surface area contributed by atoms with Crippen LogP contribution in [-0.2, 0) is 11.3 Å². The monoisotopic (exact) mass is 278 g/mol. The molecule has 0 spiro atoms. The molecule has 0 radical (unpaired) electrons. The molecule has 104 valence electrons. The van der Waals surface area contributed by atoms with Crippen molar-refractivity contribution < 1.29 is 9.48 Å². The van der Waals surface area contributed by atoms with Crippen LogP contribution < -0.4 is 10.00 Å². The van der Waals surface area contributed by atoms with E-state index in [1.165, 1.54) is 5.56 Å². The molecule has 1 heterocycles. The first-order valence-corrected chi connectivity index (χ1v) is 6.82. The minimum absolute atomic E-state index is 0.0911. The third-order valence-electron chi connectivity index (χ3n) is 3.27. The molecule has 0 saturated heterocycles. The molecule has 2 aromatic carbocycles. The molecule has 3 aromatic rings. The van der Waals surface area contributed by atoms with E-state index in [2.05, 4.69) is 10.4 Å². The summed E-state index contributed by atoms with van der Waals surface area (Å²) in [6.07, 6.45) is 3.65. The zero-order valence-electron chi connectivity index (χ0n) is 11.8. The van der Waals surface area contributed by atoms with Crippen molar-refractivity contribution in [1.82, 2.24) is 5.10 Å². The minimum atomic E-state index is -0.0911. The quantitative estimate of drug-likeness (QED) is 0.748. The molecule has 4 heteroatoms. The molecule has 0 atom stereocenters. The van der Waals surface area contributed by atoms with E-state index >= 15 is 0 Å². The van der Waals surface area contributed by atoms with Crippen molar-refractivity contribution in [2.24, 2.45) is 0 Å². The van der Waals surface area contributed by atoms with Gasteiger partial charge in [0.2, 0.25) is 6.20 Å². The molecule has 4 nitrogen and oxygen atoms in total. The molecular formula is C17H16N3O+. The van der Waals surface area contributed by atoms with Crippen LogP contribution in [0.1, 0.15) is 5.56 Å². The number of hydrogen-bond donors (Lipinski definition) is 1. The average molecular weight is 278 g/mol. The molecule has 0 bridgehead atoms. The van der Waals surface area contributed by atoms with Gasteiger partial charge in [0.1, 0.15) is 6.20 Å². The van der Waals surface area contributed by atoms with Gasteiger partial charge in [0.25, 0.3) is 12.5 Å². The van der Waals surface area contributed by atoms with E-state index in [0.717, 1.165) is 16.5 Å². The van der Waals surface area contributed by atoms with Crippen molar-refractivity contribution in [2.75, 3.05) is 5.32 Å². The summed E-state index contributed by atoms with van der Waals surface area (Å²) in [6, 6.07) is 15.7. The van der Waals surface area contributed by atoms with Crippen LogP contribution in [0.2, 0.25) is 0 Å². The number of carbonyl (C=O) groups is 1. The fraction of sp³-hybridized carbons (Fsp3) is 0.118. The minimum Gasteiger partial charge on any atom is -0.321 e. The van der Waals surface area contributed by atoms with Crippen LogP contribution in [0.25, 0.3) is 10.8 Å². The van der Waals surface area contributed by atoms with Gasteiger partial charge >= 0.3 is 0 Å². The molecule has 0 unspecified atom stereocenters. The third-order valence-corrected chi connectivity index (χ3v) is 3.27. The van der Waals surface area contributed by atoms with Crippen LogP contribution in [-0.4, -0.2) is 11.0 Å². The summed E-state index contributed by atoms with van der Waals surface area (Å²) in [5.74, 6) is -0.0911. The van der Waals surface area contributed by atoms with Gasteiger partial charge in [-0.05, 0) is 30.2 Å². The van der Waals surface area contributed by atoms with Gasteiger partial charge in [0.15, 0.2) is 0 Å². The number of nitrogens with one attached hydrogen (secondary N) is 1. The molecule has 1 aromatic heterocycles. The number of rotatable bonds is 3. The van der Waals surface area contributed by atoms with Crippen LogP contribution in [0.5, 0.6) is 0 Å². The van der Waals surface area contributed by atoms with Gasteiger partial charge in [0, 0.05) is 16.5 Å². The van der Waals surface area contributed by atoms with Crippen molar-refractivity contribution in [3.05, 3.63) is 66.5 Å². The van der Waals surface area contributed by atoms with Crippen molar-refractivity contribution in [3.63, 3.8) is 0 Å². The second kappa shape index (κ2) is 5.71. The molecule has 3 rings (SSSR count). The summed E-state index contributed by atoms with van der Waals surface area (Å²) in [7, 11) is 0. The second-order valence-electron chi connectivity index (χ2n) is 5.01. The summed E-state index contributed by atoms with van der Waals surface area (Å²) in [5, 5.41) is 9.25. The summed E-state index contributed by atoms with van der Waals surface area (Å²) < 4.78 is 1.64. The summed E-state index contributed by atoms with van der Waals surface area (Å²) in [6.45, 7) is 2.21. The van der Waals surface area contributed by atoms with E-state index in [0.29, 0.717) is 0 Å². The summed E-state index contributed by atoms with van der Waals surface area (Å²) >= 11 is 0. The van der Waals surface area contributed by atoms with E-state index < -0.39 is 0 Å².